The van der Waals surface area contributed by atoms with E-state index in [1.165, 1.54) is 51.4 Å². The Morgan fingerprint density at radius 2 is 1.08 bits per heavy atom. The SMILES string of the molecule is C[Si](C)=[Zr+2].Cl.Cl.c1cc2c([cH-]1)CCCC2.c1cc2c([cH-]1)CCCC2. The van der Waals surface area contributed by atoms with Crippen molar-refractivity contribution in [3.8, 4) is 0 Å². The molecule has 4 heteroatoms. The topological polar surface area (TPSA) is 0 Å². The van der Waals surface area contributed by atoms with Crippen LogP contribution in [0.4, 0.5) is 0 Å². The molecular formula is C20H30Cl2SiZr. The third-order valence-electron chi connectivity index (χ3n) is 4.30. The zero-order valence-electron chi connectivity index (χ0n) is 14.9. The minimum atomic E-state index is 0. The Morgan fingerprint density at radius 1 is 0.750 bits per heavy atom. The molecule has 0 heterocycles. The second kappa shape index (κ2) is 13.6. The van der Waals surface area contributed by atoms with Crippen LogP contribution < -0.4 is 0 Å². The van der Waals surface area contributed by atoms with Crippen LogP contribution in [0.2, 0.25) is 13.1 Å². The van der Waals surface area contributed by atoms with E-state index in [0.29, 0.717) is 0 Å². The summed E-state index contributed by atoms with van der Waals surface area (Å²) >= 11 is 1.74. The molecule has 0 spiro atoms. The summed E-state index contributed by atoms with van der Waals surface area (Å²) in [6, 6.07) is 13.4. The first kappa shape index (κ1) is 24.4. The average molecular weight is 461 g/mol. The molecule has 0 bridgehead atoms. The molecule has 132 valence electrons. The first-order chi connectivity index (χ1) is 10.7. The fourth-order valence-electron chi connectivity index (χ4n) is 3.23. The van der Waals surface area contributed by atoms with Gasteiger partial charge in [-0.25, -0.2) is 12.1 Å². The van der Waals surface area contributed by atoms with E-state index in [1.807, 2.05) is 0 Å². The van der Waals surface area contributed by atoms with Crippen molar-refractivity contribution in [1.82, 2.24) is 0 Å². The van der Waals surface area contributed by atoms with Crippen molar-refractivity contribution in [2.24, 2.45) is 0 Å². The van der Waals surface area contributed by atoms with Gasteiger partial charge in [-0.05, 0) is 0 Å². The summed E-state index contributed by atoms with van der Waals surface area (Å²) in [5.41, 5.74) is 6.60. The van der Waals surface area contributed by atoms with Crippen LogP contribution in [0.3, 0.4) is 0 Å². The standard InChI is InChI=1S/2C9H11.C2H6Si.2ClH.Zr/c2*1-2-5-9-7-3-6-8(9)4-1;1-3-2;;;/h2*3,6-7H,1-2,4-5H2;1-2H3;2*1H;/q2*-1;;;;+2. The fraction of sp³-hybridized carbons (Fsp3) is 0.500. The minimum absolute atomic E-state index is 0. The molecule has 0 nitrogen and oxygen atoms in total. The Labute approximate surface area is 175 Å². The number of hydrogen-bond donors (Lipinski definition) is 0. The molecule has 0 radical (unpaired) electrons. The van der Waals surface area contributed by atoms with Crippen LogP contribution in [0.5, 0.6) is 0 Å². The molecule has 2 aromatic rings. The molecule has 0 amide bonds. The largest absolute Gasteiger partial charge is 0.210 e. The molecular weight excluding hydrogens is 430 g/mol. The molecule has 0 saturated carbocycles. The van der Waals surface area contributed by atoms with Crippen molar-refractivity contribution in [3.63, 3.8) is 0 Å². The molecule has 0 unspecified atom stereocenters. The van der Waals surface area contributed by atoms with Crippen LogP contribution in [0.15, 0.2) is 36.4 Å². The molecule has 0 N–H and O–H groups in total. The normalized spacial score (nSPS) is 14.2. The van der Waals surface area contributed by atoms with Gasteiger partial charge in [-0.2, -0.15) is 46.5 Å². The molecule has 0 atom stereocenters. The number of aryl methyl sites for hydroxylation is 4. The molecule has 0 aromatic heterocycles. The second-order valence-electron chi connectivity index (χ2n) is 6.57. The van der Waals surface area contributed by atoms with Crippen molar-refractivity contribution in [2.45, 2.75) is 64.5 Å². The van der Waals surface area contributed by atoms with E-state index in [1.54, 1.807) is 45.6 Å². The molecule has 0 aliphatic heterocycles. The average Bonchev–Trinajstić information content (AvgIpc) is 3.16. The third kappa shape index (κ3) is 8.65. The van der Waals surface area contributed by atoms with Crippen molar-refractivity contribution >= 4 is 30.2 Å². The number of halogens is 2. The summed E-state index contributed by atoms with van der Waals surface area (Å²) in [5, 5.41) is 0. The number of rotatable bonds is 0. The molecule has 4 rings (SSSR count). The quantitative estimate of drug-likeness (QED) is 0.324. The summed E-state index contributed by atoms with van der Waals surface area (Å²) in [7, 11) is 0. The van der Waals surface area contributed by atoms with E-state index < -0.39 is 0 Å². The Balaban J connectivity index is 0.000000341. The number of hydrogen-bond acceptors (Lipinski definition) is 0. The third-order valence-corrected chi connectivity index (χ3v) is 4.30. The van der Waals surface area contributed by atoms with Crippen LogP contribution >= 0.6 is 24.8 Å². The van der Waals surface area contributed by atoms with Gasteiger partial charge in [0, 0.05) is 0 Å². The van der Waals surface area contributed by atoms with Crippen molar-refractivity contribution in [2.75, 3.05) is 0 Å². The smallest absolute Gasteiger partial charge is 0.0512 e. The van der Waals surface area contributed by atoms with Gasteiger partial charge < -0.3 is 0 Å². The Hall–Kier alpha value is 0.380. The Kier molecular flexibility index (Phi) is 13.8. The van der Waals surface area contributed by atoms with Crippen molar-refractivity contribution < 1.29 is 23.3 Å². The molecule has 24 heavy (non-hydrogen) atoms. The first-order valence-corrected chi connectivity index (χ1v) is 14.8. The second-order valence-corrected chi connectivity index (χ2v) is 15.9. The van der Waals surface area contributed by atoms with Gasteiger partial charge in [0.05, 0.1) is 0 Å². The Morgan fingerprint density at radius 3 is 1.42 bits per heavy atom. The summed E-state index contributed by atoms with van der Waals surface area (Å²) in [6.07, 6.45) is 10.9. The van der Waals surface area contributed by atoms with E-state index in [9.17, 15) is 0 Å². The van der Waals surface area contributed by atoms with Crippen LogP contribution in [0.25, 0.3) is 0 Å². The molecule has 0 saturated heterocycles. The van der Waals surface area contributed by atoms with Gasteiger partial charge in [0.15, 0.2) is 0 Å². The van der Waals surface area contributed by atoms with Gasteiger partial charge in [0.25, 0.3) is 0 Å². The summed E-state index contributed by atoms with van der Waals surface area (Å²) in [6.45, 7) is 4.62. The molecule has 2 aliphatic carbocycles. The fourth-order valence-corrected chi connectivity index (χ4v) is 3.23. The maximum atomic E-state index is 2.31. The first-order valence-electron chi connectivity index (χ1n) is 8.65. The van der Waals surface area contributed by atoms with E-state index >= 15 is 0 Å². The van der Waals surface area contributed by atoms with E-state index in [2.05, 4.69) is 49.5 Å². The van der Waals surface area contributed by atoms with Crippen LogP contribution in [0.1, 0.15) is 47.9 Å². The zero-order chi connectivity index (χ0) is 15.8. The number of fused-ring (bicyclic) bond motifs is 2. The zero-order valence-corrected chi connectivity index (χ0v) is 20.0. The van der Waals surface area contributed by atoms with Gasteiger partial charge in [-0.1, -0.05) is 51.4 Å². The van der Waals surface area contributed by atoms with Gasteiger partial charge in [0.2, 0.25) is 0 Å². The van der Waals surface area contributed by atoms with Gasteiger partial charge in [-0.15, -0.1) is 24.8 Å². The van der Waals surface area contributed by atoms with E-state index in [0.717, 1.165) is 0 Å². The summed E-state index contributed by atoms with van der Waals surface area (Å²) in [4.78, 5) is 0. The summed E-state index contributed by atoms with van der Waals surface area (Å²) < 4.78 is 0. The van der Waals surface area contributed by atoms with Gasteiger partial charge >= 0.3 is 41.9 Å². The maximum Gasteiger partial charge on any atom is -0.0512 e. The minimum Gasteiger partial charge on any atom is -0.210 e. The molecule has 2 aromatic carbocycles. The van der Waals surface area contributed by atoms with E-state index in [-0.39, 0.29) is 30.2 Å². The van der Waals surface area contributed by atoms with Crippen LogP contribution in [0, 0.1) is 0 Å². The van der Waals surface area contributed by atoms with Crippen LogP contribution in [-0.2, 0) is 49.0 Å². The maximum absolute atomic E-state index is 2.31. The van der Waals surface area contributed by atoms with E-state index in [4.69, 9.17) is 0 Å². The molecule has 0 fully saturated rings. The van der Waals surface area contributed by atoms with Crippen LogP contribution in [-0.4, -0.2) is 5.43 Å². The monoisotopic (exact) mass is 458 g/mol. The van der Waals surface area contributed by atoms with Crippen molar-refractivity contribution in [3.05, 3.63) is 58.7 Å². The van der Waals surface area contributed by atoms with Crippen molar-refractivity contribution in [1.29, 1.82) is 0 Å². The predicted molar refractivity (Wildman–Crippen MR) is 109 cm³/mol. The predicted octanol–water partition coefficient (Wildman–Crippen LogP) is 6.20. The molecule has 2 aliphatic rings. The Bertz CT molecular complexity index is 495. The van der Waals surface area contributed by atoms with Gasteiger partial charge in [-0.3, -0.25) is 0 Å². The summed E-state index contributed by atoms with van der Waals surface area (Å²) in [5.74, 6) is 0. The van der Waals surface area contributed by atoms with Gasteiger partial charge in [0.1, 0.15) is 0 Å².